The summed E-state index contributed by atoms with van der Waals surface area (Å²) in [5.41, 5.74) is 1.03. The topological polar surface area (TPSA) is 45.2 Å². The van der Waals surface area contributed by atoms with Gasteiger partial charge in [-0.2, -0.15) is 0 Å². The first kappa shape index (κ1) is 17.9. The van der Waals surface area contributed by atoms with E-state index in [1.54, 1.807) is 11.3 Å². The smallest absolute Gasteiger partial charge is 0.223 e. The van der Waals surface area contributed by atoms with E-state index < -0.39 is 0 Å². The third-order valence-electron chi connectivity index (χ3n) is 5.70. The third-order valence-corrected chi connectivity index (χ3v) is 6.60. The lowest BCUT2D eigenvalue weighted by Gasteiger charge is -2.39. The average molecular weight is 350 g/mol. The maximum absolute atomic E-state index is 12.6. The van der Waals surface area contributed by atoms with E-state index in [0.717, 1.165) is 42.7 Å². The predicted octanol–water partition coefficient (Wildman–Crippen LogP) is 3.98. The highest BCUT2D eigenvalue weighted by Gasteiger charge is 2.30. The first-order valence-electron chi connectivity index (χ1n) is 9.53. The quantitative estimate of drug-likeness (QED) is 0.894. The number of aryl methyl sites for hydroxylation is 2. The average Bonchev–Trinajstić information content (AvgIpc) is 2.94. The number of piperidine rings is 1. The predicted molar refractivity (Wildman–Crippen MR) is 99.3 cm³/mol. The number of nitrogens with zero attached hydrogens (tertiary/aromatic N) is 2. The summed E-state index contributed by atoms with van der Waals surface area (Å²) in [5, 5.41) is 4.27. The number of carbonyl (C=O) groups is 1. The number of thiazole rings is 1. The van der Waals surface area contributed by atoms with Gasteiger partial charge in [0.1, 0.15) is 0 Å². The van der Waals surface area contributed by atoms with Gasteiger partial charge in [-0.25, -0.2) is 4.98 Å². The van der Waals surface area contributed by atoms with Crippen LogP contribution in [0.1, 0.15) is 73.5 Å². The summed E-state index contributed by atoms with van der Waals surface area (Å²) < 4.78 is 0. The van der Waals surface area contributed by atoms with Gasteiger partial charge in [0.25, 0.3) is 0 Å². The van der Waals surface area contributed by atoms with Crippen molar-refractivity contribution in [3.05, 3.63) is 15.6 Å². The fourth-order valence-electron chi connectivity index (χ4n) is 4.32. The van der Waals surface area contributed by atoms with Gasteiger partial charge in [-0.15, -0.1) is 11.3 Å². The van der Waals surface area contributed by atoms with Gasteiger partial charge in [0, 0.05) is 16.8 Å². The second-order valence-corrected chi connectivity index (χ2v) is 8.91. The second-order valence-electron chi connectivity index (χ2n) is 7.51. The lowest BCUT2D eigenvalue weighted by molar-refractivity contribution is -0.127. The van der Waals surface area contributed by atoms with Gasteiger partial charge in [0.15, 0.2) is 0 Å². The largest absolute Gasteiger partial charge is 0.348 e. The minimum absolute atomic E-state index is 0.0128. The molecule has 24 heavy (non-hydrogen) atoms. The van der Waals surface area contributed by atoms with Crippen molar-refractivity contribution in [1.82, 2.24) is 15.2 Å². The summed E-state index contributed by atoms with van der Waals surface area (Å²) in [4.78, 5) is 21.1. The third kappa shape index (κ3) is 4.17. The molecule has 0 unspecified atom stereocenters. The Morgan fingerprint density at radius 1 is 1.17 bits per heavy atom. The van der Waals surface area contributed by atoms with Crippen LogP contribution in [0.25, 0.3) is 0 Å². The number of rotatable bonds is 4. The van der Waals surface area contributed by atoms with E-state index in [4.69, 9.17) is 0 Å². The Kier molecular flexibility index (Phi) is 5.93. The van der Waals surface area contributed by atoms with Crippen LogP contribution in [0.3, 0.4) is 0 Å². The lowest BCUT2D eigenvalue weighted by atomic mass is 9.89. The van der Waals surface area contributed by atoms with Crippen LogP contribution in [-0.4, -0.2) is 34.9 Å². The van der Waals surface area contributed by atoms with Crippen molar-refractivity contribution in [2.24, 2.45) is 5.92 Å². The molecule has 1 aliphatic heterocycles. The highest BCUT2D eigenvalue weighted by Crippen LogP contribution is 2.28. The molecule has 1 aromatic heterocycles. The highest BCUT2D eigenvalue weighted by atomic mass is 32.1. The van der Waals surface area contributed by atoms with Crippen LogP contribution in [0, 0.1) is 19.8 Å². The highest BCUT2D eigenvalue weighted by molar-refractivity contribution is 7.11. The van der Waals surface area contributed by atoms with Crippen LogP contribution in [0.5, 0.6) is 0 Å². The zero-order valence-electron chi connectivity index (χ0n) is 15.3. The number of nitrogens with one attached hydrogen (secondary N) is 1. The number of aromatic nitrogens is 1. The van der Waals surface area contributed by atoms with Gasteiger partial charge in [0.2, 0.25) is 5.91 Å². The Hall–Kier alpha value is -0.940. The van der Waals surface area contributed by atoms with Crippen LogP contribution in [0.4, 0.5) is 0 Å². The zero-order chi connectivity index (χ0) is 17.1. The summed E-state index contributed by atoms with van der Waals surface area (Å²) in [5.74, 6) is 0.392. The first-order chi connectivity index (χ1) is 11.5. The number of amides is 1. The molecule has 1 saturated heterocycles. The molecular weight excluding hydrogens is 318 g/mol. The van der Waals surface area contributed by atoms with Gasteiger partial charge < -0.3 is 10.2 Å². The molecular formula is C19H31N3OS. The molecule has 0 spiro atoms. The van der Waals surface area contributed by atoms with Crippen LogP contribution >= 0.6 is 11.3 Å². The summed E-state index contributed by atoms with van der Waals surface area (Å²) in [6.07, 6.45) is 8.90. The molecule has 5 heteroatoms. The summed E-state index contributed by atoms with van der Waals surface area (Å²) in [7, 11) is 0. The van der Waals surface area contributed by atoms with Crippen molar-refractivity contribution >= 4 is 17.2 Å². The molecule has 1 aliphatic carbocycles. The van der Waals surface area contributed by atoms with Crippen LogP contribution < -0.4 is 5.32 Å². The minimum Gasteiger partial charge on any atom is -0.348 e. The Bertz CT molecular complexity index is 557. The number of carbonyl (C=O) groups excluding carboxylic acids is 1. The first-order valence-corrected chi connectivity index (χ1v) is 10.3. The number of hydrogen-bond acceptors (Lipinski definition) is 4. The standard InChI is InChI=1S/C19H31N3OS/c1-13(18-14(2)24-15(3)21-18)20-19(23)16-9-11-22(12-10-16)17-7-5-4-6-8-17/h13,16-17H,4-12H2,1-3H3,(H,20,23)/t13-/m0/s1. The Balaban J connectivity index is 1.49. The SMILES string of the molecule is Cc1nc([C@H](C)NC(=O)C2CCN(C3CCCCC3)CC2)c(C)s1. The molecule has 1 saturated carbocycles. The molecule has 3 rings (SSSR count). The van der Waals surface area contributed by atoms with Gasteiger partial charge in [-0.1, -0.05) is 19.3 Å². The number of likely N-dealkylation sites (tertiary alicyclic amines) is 1. The van der Waals surface area contributed by atoms with E-state index >= 15 is 0 Å². The zero-order valence-corrected chi connectivity index (χ0v) is 16.1. The maximum Gasteiger partial charge on any atom is 0.223 e. The molecule has 2 aliphatic rings. The maximum atomic E-state index is 12.6. The fraction of sp³-hybridized carbons (Fsp3) is 0.789. The second kappa shape index (κ2) is 7.96. The summed E-state index contributed by atoms with van der Waals surface area (Å²) >= 11 is 1.71. The van der Waals surface area contributed by atoms with Crippen molar-refractivity contribution < 1.29 is 4.79 Å². The molecule has 1 atom stereocenters. The fourth-order valence-corrected chi connectivity index (χ4v) is 5.23. The molecule has 0 aromatic carbocycles. The molecule has 1 N–H and O–H groups in total. The van der Waals surface area contributed by atoms with Crippen LogP contribution in [0.15, 0.2) is 0 Å². The Morgan fingerprint density at radius 2 is 1.83 bits per heavy atom. The molecule has 1 amide bonds. The van der Waals surface area contributed by atoms with Gasteiger partial charge >= 0.3 is 0 Å². The van der Waals surface area contributed by atoms with E-state index in [1.807, 2.05) is 6.92 Å². The molecule has 2 fully saturated rings. The minimum atomic E-state index is 0.0128. The van der Waals surface area contributed by atoms with Crippen molar-refractivity contribution in [3.63, 3.8) is 0 Å². The van der Waals surface area contributed by atoms with Crippen LogP contribution in [0.2, 0.25) is 0 Å². The van der Waals surface area contributed by atoms with Crippen molar-refractivity contribution in [2.45, 2.75) is 77.8 Å². The van der Waals surface area contributed by atoms with Crippen molar-refractivity contribution in [3.8, 4) is 0 Å². The molecule has 0 bridgehead atoms. The van der Waals surface area contributed by atoms with E-state index in [2.05, 4.69) is 29.0 Å². The molecule has 134 valence electrons. The normalized spacial score (nSPS) is 22.5. The number of hydrogen-bond donors (Lipinski definition) is 1. The molecule has 4 nitrogen and oxygen atoms in total. The van der Waals surface area contributed by atoms with Gasteiger partial charge in [0.05, 0.1) is 16.7 Å². The molecule has 0 radical (unpaired) electrons. The van der Waals surface area contributed by atoms with E-state index in [1.165, 1.54) is 37.0 Å². The Labute approximate surface area is 150 Å². The monoisotopic (exact) mass is 349 g/mol. The van der Waals surface area contributed by atoms with Crippen LogP contribution in [-0.2, 0) is 4.79 Å². The van der Waals surface area contributed by atoms with Crippen molar-refractivity contribution in [1.29, 1.82) is 0 Å². The summed E-state index contributed by atoms with van der Waals surface area (Å²) in [6, 6.07) is 0.793. The molecule has 2 heterocycles. The van der Waals surface area contributed by atoms with Crippen molar-refractivity contribution in [2.75, 3.05) is 13.1 Å². The van der Waals surface area contributed by atoms with Gasteiger partial charge in [-0.3, -0.25) is 4.79 Å². The van der Waals surface area contributed by atoms with E-state index in [0.29, 0.717) is 0 Å². The van der Waals surface area contributed by atoms with E-state index in [9.17, 15) is 4.79 Å². The molecule has 1 aromatic rings. The van der Waals surface area contributed by atoms with Gasteiger partial charge in [-0.05, 0) is 59.5 Å². The Morgan fingerprint density at radius 3 is 2.42 bits per heavy atom. The van der Waals surface area contributed by atoms with E-state index in [-0.39, 0.29) is 17.9 Å². The lowest BCUT2D eigenvalue weighted by Crippen LogP contribution is -2.45. The summed E-state index contributed by atoms with van der Waals surface area (Å²) in [6.45, 7) is 8.34.